The van der Waals surface area contributed by atoms with E-state index in [1.165, 1.54) is 22.6 Å². The first-order valence-electron chi connectivity index (χ1n) is 6.07. The summed E-state index contributed by atoms with van der Waals surface area (Å²) in [4.78, 5) is 13.5. The molecule has 1 aromatic rings. The highest BCUT2D eigenvalue weighted by Gasteiger charge is 2.37. The van der Waals surface area contributed by atoms with Gasteiger partial charge < -0.3 is 9.72 Å². The van der Waals surface area contributed by atoms with Gasteiger partial charge in [0.2, 0.25) is 15.6 Å². The minimum Gasteiger partial charge on any atom is -0.370 e. The maximum Gasteiger partial charge on any atom is 0.247 e. The largest absolute Gasteiger partial charge is 0.370 e. The number of morpholine rings is 1. The van der Waals surface area contributed by atoms with Crippen LogP contribution in [0, 0.1) is 0 Å². The number of ether oxygens (including phenoxy) is 1. The van der Waals surface area contributed by atoms with Gasteiger partial charge >= 0.3 is 0 Å². The summed E-state index contributed by atoms with van der Waals surface area (Å²) in [6.07, 6.45) is 1.06. The molecule has 1 aliphatic rings. The highest BCUT2D eigenvalue weighted by atomic mass is 32.2. The van der Waals surface area contributed by atoms with Crippen molar-refractivity contribution in [2.24, 2.45) is 0 Å². The third kappa shape index (κ3) is 3.05. The number of hydrogen-bond acceptors (Lipinski definition) is 4. The van der Waals surface area contributed by atoms with Crippen LogP contribution < -0.4 is 5.56 Å². The van der Waals surface area contributed by atoms with E-state index in [-0.39, 0.29) is 16.6 Å². The number of pyridine rings is 1. The number of hydrogen-bond donors (Lipinski definition) is 1. The second kappa shape index (κ2) is 4.73. The van der Waals surface area contributed by atoms with E-state index in [1.54, 1.807) is 0 Å². The molecule has 1 fully saturated rings. The maximum atomic E-state index is 12.5. The lowest BCUT2D eigenvalue weighted by Gasteiger charge is -2.40. The topological polar surface area (TPSA) is 79.5 Å². The summed E-state index contributed by atoms with van der Waals surface area (Å²) in [6.45, 7) is 6.16. The molecule has 0 bridgehead atoms. The minimum atomic E-state index is -3.60. The molecule has 2 rings (SSSR count). The quantitative estimate of drug-likeness (QED) is 0.861. The van der Waals surface area contributed by atoms with E-state index in [1.807, 2.05) is 20.8 Å². The molecular weight excluding hydrogens is 268 g/mol. The highest BCUT2D eigenvalue weighted by Crippen LogP contribution is 2.25. The van der Waals surface area contributed by atoms with Crippen molar-refractivity contribution in [3.8, 4) is 0 Å². The van der Waals surface area contributed by atoms with E-state index in [2.05, 4.69) is 4.98 Å². The monoisotopic (exact) mass is 286 g/mol. The number of aromatic amines is 1. The molecule has 1 aliphatic heterocycles. The first-order chi connectivity index (χ1) is 8.71. The van der Waals surface area contributed by atoms with E-state index in [9.17, 15) is 13.2 Å². The Hall–Kier alpha value is -1.18. The van der Waals surface area contributed by atoms with Crippen LogP contribution >= 0.6 is 0 Å². The standard InChI is InChI=1S/C12H18N2O4S/c1-9-7-14(8-12(2,3)18-9)19(16,17)10-4-5-11(15)13-6-10/h4-6,9H,7-8H2,1-3H3,(H,13,15). The molecule has 1 atom stereocenters. The van der Waals surface area contributed by atoms with Crippen LogP contribution in [0.5, 0.6) is 0 Å². The van der Waals surface area contributed by atoms with Crippen LogP contribution in [0.15, 0.2) is 28.0 Å². The van der Waals surface area contributed by atoms with Gasteiger partial charge in [-0.05, 0) is 26.8 Å². The Morgan fingerprint density at radius 1 is 1.42 bits per heavy atom. The first-order valence-corrected chi connectivity index (χ1v) is 7.51. The molecule has 0 amide bonds. The van der Waals surface area contributed by atoms with Crippen LogP contribution in [0.25, 0.3) is 0 Å². The van der Waals surface area contributed by atoms with Gasteiger partial charge in [-0.1, -0.05) is 0 Å². The highest BCUT2D eigenvalue weighted by molar-refractivity contribution is 7.89. The number of H-pyrrole nitrogens is 1. The Balaban J connectivity index is 2.34. The zero-order chi connectivity index (χ0) is 14.3. The van der Waals surface area contributed by atoms with Gasteiger partial charge in [-0.25, -0.2) is 8.42 Å². The molecule has 1 saturated heterocycles. The molecule has 19 heavy (non-hydrogen) atoms. The van der Waals surface area contributed by atoms with E-state index in [0.29, 0.717) is 13.1 Å². The van der Waals surface area contributed by atoms with Crippen molar-refractivity contribution in [2.45, 2.75) is 37.4 Å². The number of sulfonamides is 1. The molecule has 0 aliphatic carbocycles. The summed E-state index contributed by atoms with van der Waals surface area (Å²) in [5.41, 5.74) is -0.845. The zero-order valence-electron chi connectivity index (χ0n) is 11.2. The van der Waals surface area contributed by atoms with Gasteiger partial charge in [0.15, 0.2) is 0 Å². The van der Waals surface area contributed by atoms with Crippen LogP contribution in [-0.2, 0) is 14.8 Å². The number of rotatable bonds is 2. The van der Waals surface area contributed by atoms with Gasteiger partial charge in [0.05, 0.1) is 16.6 Å². The first kappa shape index (κ1) is 14.2. The average Bonchev–Trinajstić information content (AvgIpc) is 2.26. The fourth-order valence-electron chi connectivity index (χ4n) is 2.28. The van der Waals surface area contributed by atoms with E-state index in [4.69, 9.17) is 4.74 Å². The second-order valence-electron chi connectivity index (χ2n) is 5.37. The van der Waals surface area contributed by atoms with Crippen molar-refractivity contribution in [3.63, 3.8) is 0 Å². The number of nitrogens with one attached hydrogen (secondary N) is 1. The van der Waals surface area contributed by atoms with E-state index >= 15 is 0 Å². The van der Waals surface area contributed by atoms with Gasteiger partial charge in [0.25, 0.3) is 0 Å². The summed E-state index contributed by atoms with van der Waals surface area (Å²) in [6, 6.07) is 2.53. The Bertz CT molecular complexity index is 600. The molecule has 1 unspecified atom stereocenters. The van der Waals surface area contributed by atoms with Gasteiger partial charge in [-0.2, -0.15) is 4.31 Å². The lowest BCUT2D eigenvalue weighted by atomic mass is 10.1. The third-order valence-corrected chi connectivity index (χ3v) is 4.74. The lowest BCUT2D eigenvalue weighted by Crippen LogP contribution is -2.53. The summed E-state index contributed by atoms with van der Waals surface area (Å²) >= 11 is 0. The van der Waals surface area contributed by atoms with Crippen LogP contribution in [0.2, 0.25) is 0 Å². The molecule has 0 aromatic carbocycles. The summed E-state index contributed by atoms with van der Waals surface area (Å²) in [7, 11) is -3.60. The zero-order valence-corrected chi connectivity index (χ0v) is 12.0. The predicted molar refractivity (Wildman–Crippen MR) is 70.4 cm³/mol. The molecule has 0 saturated carbocycles. The van der Waals surface area contributed by atoms with Crippen LogP contribution in [-0.4, -0.2) is 42.5 Å². The summed E-state index contributed by atoms with van der Waals surface area (Å²) in [5, 5.41) is 0. The van der Waals surface area contributed by atoms with Crippen molar-refractivity contribution >= 4 is 10.0 Å². The third-order valence-electron chi connectivity index (χ3n) is 2.93. The van der Waals surface area contributed by atoms with E-state index < -0.39 is 15.6 Å². The molecule has 0 radical (unpaired) electrons. The molecule has 106 valence electrons. The van der Waals surface area contributed by atoms with Crippen molar-refractivity contribution < 1.29 is 13.2 Å². The van der Waals surface area contributed by atoms with Gasteiger partial charge in [-0.15, -0.1) is 0 Å². The number of aromatic nitrogens is 1. The van der Waals surface area contributed by atoms with Crippen molar-refractivity contribution in [2.75, 3.05) is 13.1 Å². The van der Waals surface area contributed by atoms with Crippen LogP contribution in [0.4, 0.5) is 0 Å². The van der Waals surface area contributed by atoms with E-state index in [0.717, 1.165) is 0 Å². The molecular formula is C12H18N2O4S. The Kier molecular flexibility index (Phi) is 3.55. The van der Waals surface area contributed by atoms with Crippen molar-refractivity contribution in [3.05, 3.63) is 28.7 Å². The smallest absolute Gasteiger partial charge is 0.247 e. The fraction of sp³-hybridized carbons (Fsp3) is 0.583. The van der Waals surface area contributed by atoms with Gasteiger partial charge in [0, 0.05) is 25.4 Å². The predicted octanol–water partition coefficient (Wildman–Crippen LogP) is 0.563. The maximum absolute atomic E-state index is 12.5. The fourth-order valence-corrected chi connectivity index (χ4v) is 3.92. The summed E-state index contributed by atoms with van der Waals surface area (Å²) in [5.74, 6) is 0. The van der Waals surface area contributed by atoms with Crippen LogP contribution in [0.3, 0.4) is 0 Å². The molecule has 6 nitrogen and oxygen atoms in total. The molecule has 2 heterocycles. The molecule has 0 spiro atoms. The van der Waals surface area contributed by atoms with Crippen LogP contribution in [0.1, 0.15) is 20.8 Å². The molecule has 1 N–H and O–H groups in total. The average molecular weight is 286 g/mol. The number of nitrogens with zero attached hydrogens (tertiary/aromatic N) is 1. The second-order valence-corrected chi connectivity index (χ2v) is 7.31. The SMILES string of the molecule is CC1CN(S(=O)(=O)c2ccc(=O)[nH]c2)CC(C)(C)O1. The van der Waals surface area contributed by atoms with Crippen molar-refractivity contribution in [1.82, 2.24) is 9.29 Å². The Labute approximate surface area is 112 Å². The van der Waals surface area contributed by atoms with Gasteiger partial charge in [0.1, 0.15) is 0 Å². The molecule has 1 aromatic heterocycles. The minimum absolute atomic E-state index is 0.0944. The Morgan fingerprint density at radius 2 is 2.11 bits per heavy atom. The lowest BCUT2D eigenvalue weighted by molar-refractivity contribution is -0.109. The van der Waals surface area contributed by atoms with Crippen molar-refractivity contribution in [1.29, 1.82) is 0 Å². The normalized spacial score (nSPS) is 24.3. The summed E-state index contributed by atoms with van der Waals surface area (Å²) < 4.78 is 32.0. The Morgan fingerprint density at radius 3 is 2.63 bits per heavy atom. The molecule has 7 heteroatoms. The van der Waals surface area contributed by atoms with Gasteiger partial charge in [-0.3, -0.25) is 4.79 Å².